The van der Waals surface area contributed by atoms with Crippen molar-refractivity contribution in [1.29, 1.82) is 0 Å². The molecule has 13 heavy (non-hydrogen) atoms. The van der Waals surface area contributed by atoms with Crippen LogP contribution in [0.1, 0.15) is 0 Å². The molecule has 2 amide bonds. The smallest absolute Gasteiger partial charge is 0.426 e. The Morgan fingerprint density at radius 2 is 1.69 bits per heavy atom. The van der Waals surface area contributed by atoms with Crippen LogP contribution in [0.25, 0.3) is 0 Å². The van der Waals surface area contributed by atoms with E-state index in [-0.39, 0.29) is 0 Å². The molecule has 74 valence electrons. The zero-order valence-electron chi connectivity index (χ0n) is 6.98. The van der Waals surface area contributed by atoms with Crippen molar-refractivity contribution in [3.05, 3.63) is 0 Å². The van der Waals surface area contributed by atoms with E-state index in [9.17, 15) is 9.59 Å². The van der Waals surface area contributed by atoms with Gasteiger partial charge >= 0.3 is 12.2 Å². The third kappa shape index (κ3) is 2.79. The molecule has 0 aromatic carbocycles. The van der Waals surface area contributed by atoms with E-state index in [2.05, 4.69) is 14.0 Å². The van der Waals surface area contributed by atoms with Crippen LogP contribution in [-0.4, -0.2) is 37.3 Å². The van der Waals surface area contributed by atoms with Gasteiger partial charge in [-0.1, -0.05) is 0 Å². The fourth-order valence-corrected chi connectivity index (χ4v) is 0.558. The number of guanidine groups is 1. The normalized spacial score (nSPS) is 10.5. The van der Waals surface area contributed by atoms with Gasteiger partial charge in [-0.2, -0.15) is 0 Å². The van der Waals surface area contributed by atoms with Crippen LogP contribution in [0.2, 0.25) is 0 Å². The van der Waals surface area contributed by atoms with Gasteiger partial charge in [-0.3, -0.25) is 0 Å². The molecule has 8 heteroatoms. The summed E-state index contributed by atoms with van der Waals surface area (Å²) in [5, 5.41) is 0. The molecule has 0 aliphatic rings. The Hall–Kier alpha value is -1.50. The summed E-state index contributed by atoms with van der Waals surface area (Å²) < 4.78 is 11.4. The maximum Gasteiger partial charge on any atom is 0.426 e. The fraction of sp³-hybridized carbons (Fsp3) is 0.400. The van der Waals surface area contributed by atoms with Crippen molar-refractivity contribution >= 4 is 29.9 Å². The highest BCUT2D eigenvalue weighted by Crippen LogP contribution is 1.97. The molecule has 0 aromatic rings. The summed E-state index contributed by atoms with van der Waals surface area (Å²) in [6, 6.07) is 0. The lowest BCUT2D eigenvalue weighted by atomic mass is 10.7. The Balaban J connectivity index is 4.75. The van der Waals surface area contributed by atoms with Crippen molar-refractivity contribution in [2.75, 3.05) is 14.2 Å². The minimum atomic E-state index is -1.03. The highest BCUT2D eigenvalue weighted by molar-refractivity contribution is 6.22. The second kappa shape index (κ2) is 5.20. The van der Waals surface area contributed by atoms with Crippen LogP contribution in [0.3, 0.4) is 0 Å². The fourth-order valence-electron chi connectivity index (χ4n) is 0.482. The first-order valence-electron chi connectivity index (χ1n) is 2.99. The van der Waals surface area contributed by atoms with Gasteiger partial charge in [-0.25, -0.2) is 9.59 Å². The number of hydrogen-bond donors (Lipinski definition) is 1. The molecule has 0 atom stereocenters. The molecule has 0 unspecified atom stereocenters. The zero-order chi connectivity index (χ0) is 10.4. The zero-order valence-corrected chi connectivity index (χ0v) is 7.74. The van der Waals surface area contributed by atoms with Crippen molar-refractivity contribution < 1.29 is 19.1 Å². The predicted molar refractivity (Wildman–Crippen MR) is 44.1 cm³/mol. The first-order valence-corrected chi connectivity index (χ1v) is 3.32. The molecule has 2 N–H and O–H groups in total. The van der Waals surface area contributed by atoms with Gasteiger partial charge in [0.15, 0.2) is 0 Å². The molecule has 0 fully saturated rings. The van der Waals surface area contributed by atoms with Gasteiger partial charge in [0.25, 0.3) is 0 Å². The first-order chi connectivity index (χ1) is 6.08. The third-order valence-electron chi connectivity index (χ3n) is 1.03. The second-order valence-corrected chi connectivity index (χ2v) is 1.89. The summed E-state index contributed by atoms with van der Waals surface area (Å²) in [4.78, 5) is 22.1. The van der Waals surface area contributed by atoms with Crippen molar-refractivity contribution in [2.45, 2.75) is 0 Å². The number of nitrogens with two attached hydrogens (primary N) is 1. The number of carbonyl (C=O) groups excluding carboxylic acids is 2. The lowest BCUT2D eigenvalue weighted by Crippen LogP contribution is -2.45. The largest absolute Gasteiger partial charge is 0.452 e. The molecule has 0 radical (unpaired) electrons. The molecule has 0 saturated carbocycles. The summed E-state index contributed by atoms with van der Waals surface area (Å²) in [7, 11) is 2.14. The molecular formula is C5H8ClN3O4. The van der Waals surface area contributed by atoms with Crippen LogP contribution in [0.15, 0.2) is 4.51 Å². The van der Waals surface area contributed by atoms with Gasteiger partial charge in [0.05, 0.1) is 14.2 Å². The summed E-state index contributed by atoms with van der Waals surface area (Å²) in [6.07, 6.45) is -2.07. The van der Waals surface area contributed by atoms with Gasteiger partial charge < -0.3 is 15.2 Å². The lowest BCUT2D eigenvalue weighted by molar-refractivity contribution is 0.119. The number of hydrogen-bond acceptors (Lipinski definition) is 5. The van der Waals surface area contributed by atoms with E-state index in [0.29, 0.717) is 4.90 Å². The molecule has 0 aliphatic heterocycles. The van der Waals surface area contributed by atoms with Crippen LogP contribution in [0.4, 0.5) is 9.59 Å². The molecule has 7 nitrogen and oxygen atoms in total. The monoisotopic (exact) mass is 209 g/mol. The third-order valence-corrected chi connectivity index (χ3v) is 1.20. The average Bonchev–Trinajstić information content (AvgIpc) is 2.16. The molecule has 0 saturated heterocycles. The van der Waals surface area contributed by atoms with Gasteiger partial charge in [-0.05, 0) is 0 Å². The highest BCUT2D eigenvalue weighted by atomic mass is 35.5. The summed E-state index contributed by atoms with van der Waals surface area (Å²) >= 11 is 4.95. The topological polar surface area (TPSA) is 94.2 Å². The van der Waals surface area contributed by atoms with E-state index in [1.807, 2.05) is 0 Å². The van der Waals surface area contributed by atoms with Crippen LogP contribution in [-0.2, 0) is 9.47 Å². The number of rotatable bonds is 0. The van der Waals surface area contributed by atoms with E-state index in [1.54, 1.807) is 0 Å². The van der Waals surface area contributed by atoms with E-state index in [0.717, 1.165) is 14.2 Å². The Morgan fingerprint density at radius 1 is 1.31 bits per heavy atom. The van der Waals surface area contributed by atoms with Crippen LogP contribution < -0.4 is 5.73 Å². The highest BCUT2D eigenvalue weighted by Gasteiger charge is 2.26. The number of nitrogens with zero attached hydrogens (tertiary/aromatic N) is 2. The molecule has 0 heterocycles. The quantitative estimate of drug-likeness (QED) is 0.457. The van der Waals surface area contributed by atoms with Crippen molar-refractivity contribution in [2.24, 2.45) is 10.2 Å². The van der Waals surface area contributed by atoms with Gasteiger partial charge in [-0.15, -0.1) is 9.41 Å². The number of amides is 2. The lowest BCUT2D eigenvalue weighted by Gasteiger charge is -2.14. The summed E-state index contributed by atoms with van der Waals surface area (Å²) in [5.74, 6) is -0.527. The van der Waals surface area contributed by atoms with Crippen molar-refractivity contribution in [1.82, 2.24) is 4.90 Å². The van der Waals surface area contributed by atoms with E-state index < -0.39 is 18.1 Å². The molecule has 0 rings (SSSR count). The second-order valence-electron chi connectivity index (χ2n) is 1.72. The standard InChI is InChI=1S/C5H8ClN3O4/c1-12-4(10)9(3(7)8-6)5(11)13-2/h1-2H3,(H2,7,8). The molecule has 0 spiro atoms. The Bertz CT molecular complexity index is 226. The van der Waals surface area contributed by atoms with E-state index in [4.69, 9.17) is 17.5 Å². The number of carbonyl (C=O) groups is 2. The van der Waals surface area contributed by atoms with Crippen LogP contribution in [0, 0.1) is 0 Å². The SMILES string of the molecule is COC(=O)N(C(=O)OC)C(N)=NCl. The van der Waals surface area contributed by atoms with Gasteiger partial charge in [0, 0.05) is 11.8 Å². The van der Waals surface area contributed by atoms with Crippen molar-refractivity contribution in [3.63, 3.8) is 0 Å². The maximum absolute atomic E-state index is 10.9. The van der Waals surface area contributed by atoms with Crippen LogP contribution >= 0.6 is 11.8 Å². The Kier molecular flexibility index (Phi) is 4.60. The number of halogens is 1. The Labute approximate surface area is 79.2 Å². The molecule has 0 bridgehead atoms. The number of imide groups is 1. The van der Waals surface area contributed by atoms with E-state index in [1.165, 1.54) is 0 Å². The number of ether oxygens (including phenoxy) is 2. The maximum atomic E-state index is 10.9. The number of methoxy groups -OCH3 is 2. The Morgan fingerprint density at radius 3 is 1.92 bits per heavy atom. The van der Waals surface area contributed by atoms with Gasteiger partial charge in [0.1, 0.15) is 0 Å². The first kappa shape index (κ1) is 11.5. The molecule has 0 aliphatic carbocycles. The van der Waals surface area contributed by atoms with Crippen LogP contribution in [0.5, 0.6) is 0 Å². The predicted octanol–water partition coefficient (Wildman–Crippen LogP) is 0.290. The minimum Gasteiger partial charge on any atom is -0.452 e. The minimum absolute atomic E-state index is 0.340. The van der Waals surface area contributed by atoms with Gasteiger partial charge in [0.2, 0.25) is 5.96 Å². The average molecular weight is 210 g/mol. The molecule has 0 aromatic heterocycles. The molecular weight excluding hydrogens is 202 g/mol. The van der Waals surface area contributed by atoms with Crippen molar-refractivity contribution in [3.8, 4) is 0 Å². The summed E-state index contributed by atoms with van der Waals surface area (Å²) in [6.45, 7) is 0. The summed E-state index contributed by atoms with van der Waals surface area (Å²) in [5.41, 5.74) is 5.11. The van der Waals surface area contributed by atoms with E-state index >= 15 is 0 Å².